The molecule has 1 aliphatic heterocycles. The molecule has 1 aromatic carbocycles. The molecule has 1 saturated heterocycles. The number of rotatable bonds is 6. The van der Waals surface area contributed by atoms with Gasteiger partial charge in [-0.3, -0.25) is 14.5 Å². The normalized spacial score (nSPS) is 14.0. The Morgan fingerprint density at radius 1 is 1.00 bits per heavy atom. The maximum Gasteiger partial charge on any atom is 0.204 e. The maximum atomic E-state index is 9.17. The first kappa shape index (κ1) is 22.7. The van der Waals surface area contributed by atoms with Gasteiger partial charge in [0.15, 0.2) is 5.82 Å². The maximum absolute atomic E-state index is 9.17. The summed E-state index contributed by atoms with van der Waals surface area (Å²) in [5.74, 6) is 2.38. The van der Waals surface area contributed by atoms with E-state index in [2.05, 4.69) is 25.8 Å². The lowest BCUT2D eigenvalue weighted by atomic mass is 10.2. The first-order valence-corrected chi connectivity index (χ1v) is 11.7. The Morgan fingerprint density at radius 3 is 2.43 bits per heavy atom. The first-order valence-electron chi connectivity index (χ1n) is 11.2. The number of nitriles is 1. The number of hydrogen-bond acceptors (Lipinski definition) is 8. The summed E-state index contributed by atoms with van der Waals surface area (Å²) in [6, 6.07) is 17.4. The molecule has 10 heteroatoms. The largest absolute Gasteiger partial charge is 0.497 e. The summed E-state index contributed by atoms with van der Waals surface area (Å²) in [4.78, 5) is 13.1. The average molecular weight is 485 g/mol. The van der Waals surface area contributed by atoms with Crippen molar-refractivity contribution in [3.63, 3.8) is 0 Å². The van der Waals surface area contributed by atoms with E-state index in [4.69, 9.17) is 22.1 Å². The van der Waals surface area contributed by atoms with Gasteiger partial charge in [0.1, 0.15) is 11.6 Å². The van der Waals surface area contributed by atoms with E-state index in [1.54, 1.807) is 31.8 Å². The molecule has 9 nitrogen and oxygen atoms in total. The fourth-order valence-electron chi connectivity index (χ4n) is 4.12. The Morgan fingerprint density at radius 2 is 1.74 bits per heavy atom. The smallest absolute Gasteiger partial charge is 0.204 e. The Kier molecular flexibility index (Phi) is 6.52. The van der Waals surface area contributed by atoms with E-state index in [0.29, 0.717) is 17.0 Å². The zero-order chi connectivity index (χ0) is 24.2. The van der Waals surface area contributed by atoms with Crippen molar-refractivity contribution >= 4 is 18.0 Å². The monoisotopic (exact) mass is 484 g/mol. The van der Waals surface area contributed by atoms with Gasteiger partial charge >= 0.3 is 0 Å². The van der Waals surface area contributed by atoms with Crippen LogP contribution in [-0.4, -0.2) is 62.5 Å². The number of pyridine rings is 2. The highest BCUT2D eigenvalue weighted by atomic mass is 32.1. The van der Waals surface area contributed by atoms with Crippen molar-refractivity contribution in [1.82, 2.24) is 29.2 Å². The van der Waals surface area contributed by atoms with Gasteiger partial charge in [-0.1, -0.05) is 0 Å². The van der Waals surface area contributed by atoms with Crippen LogP contribution in [0, 0.1) is 16.1 Å². The molecule has 0 aliphatic carbocycles. The lowest BCUT2D eigenvalue weighted by molar-refractivity contribution is 0.194. The van der Waals surface area contributed by atoms with Gasteiger partial charge in [0.05, 0.1) is 31.1 Å². The summed E-state index contributed by atoms with van der Waals surface area (Å²) < 4.78 is 9.79. The van der Waals surface area contributed by atoms with Crippen LogP contribution in [0.2, 0.25) is 0 Å². The van der Waals surface area contributed by atoms with Gasteiger partial charge in [-0.25, -0.2) is 9.67 Å². The molecular weight excluding hydrogens is 460 g/mol. The summed E-state index contributed by atoms with van der Waals surface area (Å²) >= 11 is 5.89. The minimum atomic E-state index is 0.583. The minimum Gasteiger partial charge on any atom is -0.497 e. The zero-order valence-corrected chi connectivity index (χ0v) is 20.1. The van der Waals surface area contributed by atoms with Crippen molar-refractivity contribution in [3.8, 4) is 28.9 Å². The number of aromatic nitrogens is 5. The van der Waals surface area contributed by atoms with Crippen LogP contribution in [0.15, 0.2) is 67.1 Å². The van der Waals surface area contributed by atoms with Crippen LogP contribution in [0.3, 0.4) is 0 Å². The topological polar surface area (TPSA) is 88.0 Å². The molecular formula is C25H24N8OS. The fraction of sp³-hybridized carbons (Fsp3) is 0.240. The van der Waals surface area contributed by atoms with Crippen molar-refractivity contribution < 1.29 is 4.74 Å². The number of ether oxygens (including phenoxy) is 1. The van der Waals surface area contributed by atoms with Crippen molar-refractivity contribution in [2.75, 3.05) is 38.2 Å². The number of methoxy groups -OCH3 is 1. The number of hydrogen-bond donors (Lipinski definition) is 0. The van der Waals surface area contributed by atoms with Crippen LogP contribution in [0.25, 0.3) is 17.1 Å². The highest BCUT2D eigenvalue weighted by molar-refractivity contribution is 7.71. The van der Waals surface area contributed by atoms with Gasteiger partial charge in [0.2, 0.25) is 4.77 Å². The number of piperazine rings is 1. The molecule has 4 aromatic rings. The van der Waals surface area contributed by atoms with E-state index in [0.717, 1.165) is 54.8 Å². The van der Waals surface area contributed by atoms with Crippen LogP contribution in [0.5, 0.6) is 5.75 Å². The van der Waals surface area contributed by atoms with E-state index >= 15 is 0 Å². The Labute approximate surface area is 208 Å². The zero-order valence-electron chi connectivity index (χ0n) is 19.3. The summed E-state index contributed by atoms with van der Waals surface area (Å²) in [5, 5.41) is 14.1. The molecule has 35 heavy (non-hydrogen) atoms. The SMILES string of the molecule is COc1ccc(-n2c(-c3ccncc3)nn(CN3CCN(c4cc(C#N)ccn4)CC3)c2=S)cc1. The molecule has 5 rings (SSSR count). The standard InChI is InChI=1S/C25H24N8OS/c1-34-22-4-2-21(3-5-22)33-24(20-7-9-27-10-8-20)29-32(25(33)35)18-30-12-14-31(15-13-30)23-16-19(17-26)6-11-28-23/h2-11,16H,12-15,18H2,1H3. The third-order valence-electron chi connectivity index (χ3n) is 6.01. The summed E-state index contributed by atoms with van der Waals surface area (Å²) in [6.45, 7) is 3.87. The van der Waals surface area contributed by atoms with Crippen molar-refractivity contribution in [3.05, 3.63) is 77.5 Å². The third kappa shape index (κ3) is 4.77. The average Bonchev–Trinajstić information content (AvgIpc) is 3.25. The molecule has 0 spiro atoms. The molecule has 4 heterocycles. The Balaban J connectivity index is 1.39. The van der Waals surface area contributed by atoms with Gasteiger partial charge < -0.3 is 9.64 Å². The Bertz CT molecular complexity index is 1400. The van der Waals surface area contributed by atoms with Gasteiger partial charge in [-0.2, -0.15) is 5.26 Å². The lowest BCUT2D eigenvalue weighted by Crippen LogP contribution is -2.47. The summed E-state index contributed by atoms with van der Waals surface area (Å²) in [7, 11) is 1.65. The van der Waals surface area contributed by atoms with E-state index in [-0.39, 0.29) is 0 Å². The summed E-state index contributed by atoms with van der Waals surface area (Å²) in [5.41, 5.74) is 2.48. The second-order valence-electron chi connectivity index (χ2n) is 8.14. The Hall–Kier alpha value is -4.07. The molecule has 0 bridgehead atoms. The van der Waals surface area contributed by atoms with Gasteiger partial charge in [-0.05, 0) is 60.7 Å². The quantitative estimate of drug-likeness (QED) is 0.384. The number of nitrogens with zero attached hydrogens (tertiary/aromatic N) is 8. The number of anilines is 1. The molecule has 1 fully saturated rings. The molecule has 176 valence electrons. The van der Waals surface area contributed by atoms with Crippen LogP contribution in [-0.2, 0) is 6.67 Å². The summed E-state index contributed by atoms with van der Waals surface area (Å²) in [6.07, 6.45) is 5.20. The molecule has 0 unspecified atom stereocenters. The first-order chi connectivity index (χ1) is 17.2. The molecule has 0 radical (unpaired) electrons. The van der Waals surface area contributed by atoms with Crippen LogP contribution in [0.1, 0.15) is 5.56 Å². The molecule has 0 N–H and O–H groups in total. The molecule has 0 atom stereocenters. The predicted octanol–water partition coefficient (Wildman–Crippen LogP) is 3.52. The van der Waals surface area contributed by atoms with Crippen LogP contribution < -0.4 is 9.64 Å². The highest BCUT2D eigenvalue weighted by Crippen LogP contribution is 2.24. The third-order valence-corrected chi connectivity index (χ3v) is 6.41. The van der Waals surface area contributed by atoms with E-state index < -0.39 is 0 Å². The van der Waals surface area contributed by atoms with Gasteiger partial charge in [0, 0.05) is 50.3 Å². The van der Waals surface area contributed by atoms with E-state index in [1.807, 2.05) is 51.7 Å². The van der Waals surface area contributed by atoms with E-state index in [9.17, 15) is 5.26 Å². The second kappa shape index (κ2) is 10.0. The van der Waals surface area contributed by atoms with Gasteiger partial charge in [0.25, 0.3) is 0 Å². The van der Waals surface area contributed by atoms with Gasteiger partial charge in [-0.15, -0.1) is 5.10 Å². The number of benzene rings is 1. The van der Waals surface area contributed by atoms with Crippen LogP contribution in [0.4, 0.5) is 5.82 Å². The molecule has 0 saturated carbocycles. The lowest BCUT2D eigenvalue weighted by Gasteiger charge is -2.35. The van der Waals surface area contributed by atoms with Crippen molar-refractivity contribution in [2.24, 2.45) is 0 Å². The van der Waals surface area contributed by atoms with Crippen molar-refractivity contribution in [1.29, 1.82) is 5.26 Å². The minimum absolute atomic E-state index is 0.583. The molecule has 3 aromatic heterocycles. The second-order valence-corrected chi connectivity index (χ2v) is 8.50. The molecule has 1 aliphatic rings. The van der Waals surface area contributed by atoms with E-state index in [1.165, 1.54) is 0 Å². The van der Waals surface area contributed by atoms with Crippen LogP contribution >= 0.6 is 12.2 Å². The highest BCUT2D eigenvalue weighted by Gasteiger charge is 2.21. The molecule has 0 amide bonds. The predicted molar refractivity (Wildman–Crippen MR) is 135 cm³/mol. The fourth-order valence-corrected chi connectivity index (χ4v) is 4.41. The van der Waals surface area contributed by atoms with Crippen molar-refractivity contribution in [2.45, 2.75) is 6.67 Å².